The van der Waals surface area contributed by atoms with E-state index >= 15 is 0 Å². The maximum Gasteiger partial charge on any atom is 0.261 e. The van der Waals surface area contributed by atoms with Crippen molar-refractivity contribution < 1.29 is 13.7 Å². The Morgan fingerprint density at radius 1 is 1.12 bits per heavy atom. The quantitative estimate of drug-likeness (QED) is 0.762. The monoisotopic (exact) mass is 324 g/mol. The van der Waals surface area contributed by atoms with Crippen LogP contribution in [0.3, 0.4) is 0 Å². The lowest BCUT2D eigenvalue weighted by atomic mass is 10.0. The number of anilines is 1. The van der Waals surface area contributed by atoms with Crippen molar-refractivity contribution in [3.8, 4) is 11.3 Å². The van der Waals surface area contributed by atoms with Crippen LogP contribution in [0.4, 0.5) is 10.1 Å². The van der Waals surface area contributed by atoms with Gasteiger partial charge in [0.05, 0.1) is 0 Å². The largest absolute Gasteiger partial charge is 0.360 e. The van der Waals surface area contributed by atoms with Crippen LogP contribution >= 0.6 is 0 Å². The summed E-state index contributed by atoms with van der Waals surface area (Å²) in [6, 6.07) is 11.7. The molecule has 0 saturated carbocycles. The van der Waals surface area contributed by atoms with Crippen LogP contribution in [0.25, 0.3) is 11.3 Å². The zero-order valence-corrected chi connectivity index (χ0v) is 13.7. The first-order valence-corrected chi connectivity index (χ1v) is 7.56. The molecule has 3 aromatic rings. The average Bonchev–Trinajstić information content (AvgIpc) is 2.92. The maximum atomic E-state index is 13.5. The third-order valence-corrected chi connectivity index (χ3v) is 3.82. The number of amides is 1. The van der Waals surface area contributed by atoms with Crippen molar-refractivity contribution in [1.29, 1.82) is 0 Å². The highest BCUT2D eigenvalue weighted by Crippen LogP contribution is 2.27. The van der Waals surface area contributed by atoms with Gasteiger partial charge in [-0.15, -0.1) is 0 Å². The summed E-state index contributed by atoms with van der Waals surface area (Å²) in [6.45, 7) is 5.58. The molecule has 0 unspecified atom stereocenters. The van der Waals surface area contributed by atoms with E-state index in [4.69, 9.17) is 4.52 Å². The number of nitrogens with zero attached hydrogens (tertiary/aromatic N) is 1. The average molecular weight is 324 g/mol. The van der Waals surface area contributed by atoms with E-state index in [-0.39, 0.29) is 5.91 Å². The molecule has 1 heterocycles. The minimum absolute atomic E-state index is 0.306. The van der Waals surface area contributed by atoms with Gasteiger partial charge in [0.25, 0.3) is 5.91 Å². The second-order valence-electron chi connectivity index (χ2n) is 5.75. The van der Waals surface area contributed by atoms with Gasteiger partial charge in [0.15, 0.2) is 0 Å². The number of nitrogens with one attached hydrogen (secondary N) is 1. The molecule has 2 aromatic carbocycles. The fourth-order valence-electron chi connectivity index (χ4n) is 2.61. The third-order valence-electron chi connectivity index (χ3n) is 3.82. The predicted octanol–water partition coefficient (Wildman–Crippen LogP) is 4.66. The molecular formula is C19H17FN2O2. The van der Waals surface area contributed by atoms with E-state index in [2.05, 4.69) is 10.5 Å². The number of benzene rings is 2. The van der Waals surface area contributed by atoms with Crippen molar-refractivity contribution in [1.82, 2.24) is 5.16 Å². The third kappa shape index (κ3) is 3.06. The number of aromatic nitrogens is 1. The molecule has 122 valence electrons. The summed E-state index contributed by atoms with van der Waals surface area (Å²) in [4.78, 5) is 12.7. The lowest BCUT2D eigenvalue weighted by Gasteiger charge is -2.09. The molecule has 0 aliphatic rings. The Kier molecular flexibility index (Phi) is 4.16. The number of carbonyl (C=O) groups excluding carboxylic acids is 1. The van der Waals surface area contributed by atoms with Crippen LogP contribution in [0.5, 0.6) is 0 Å². The van der Waals surface area contributed by atoms with E-state index in [1.54, 1.807) is 19.1 Å². The van der Waals surface area contributed by atoms with Gasteiger partial charge in [-0.2, -0.15) is 0 Å². The topological polar surface area (TPSA) is 55.1 Å². The van der Waals surface area contributed by atoms with Crippen molar-refractivity contribution in [2.45, 2.75) is 20.8 Å². The Morgan fingerprint density at radius 3 is 2.62 bits per heavy atom. The number of hydrogen-bond acceptors (Lipinski definition) is 3. The summed E-state index contributed by atoms with van der Waals surface area (Å²) in [7, 11) is 0. The zero-order valence-electron chi connectivity index (χ0n) is 13.7. The molecule has 5 heteroatoms. The van der Waals surface area contributed by atoms with Gasteiger partial charge in [0.1, 0.15) is 22.8 Å². The summed E-state index contributed by atoms with van der Waals surface area (Å²) >= 11 is 0. The Hall–Kier alpha value is -2.95. The summed E-state index contributed by atoms with van der Waals surface area (Å²) in [5, 5.41) is 6.80. The first-order valence-electron chi connectivity index (χ1n) is 7.56. The minimum Gasteiger partial charge on any atom is -0.360 e. The Morgan fingerprint density at radius 2 is 1.92 bits per heavy atom. The molecule has 1 amide bonds. The lowest BCUT2D eigenvalue weighted by molar-refractivity contribution is 0.102. The predicted molar refractivity (Wildman–Crippen MR) is 90.5 cm³/mol. The van der Waals surface area contributed by atoms with Gasteiger partial charge in [-0.3, -0.25) is 4.79 Å². The fraction of sp³-hybridized carbons (Fsp3) is 0.158. The van der Waals surface area contributed by atoms with E-state index in [9.17, 15) is 9.18 Å². The molecule has 0 radical (unpaired) electrons. The number of rotatable bonds is 3. The van der Waals surface area contributed by atoms with E-state index in [0.29, 0.717) is 22.6 Å². The summed E-state index contributed by atoms with van der Waals surface area (Å²) in [5.41, 5.74) is 3.93. The smallest absolute Gasteiger partial charge is 0.261 e. The molecule has 1 N–H and O–H groups in total. The van der Waals surface area contributed by atoms with Crippen LogP contribution < -0.4 is 5.32 Å². The Labute approximate surface area is 139 Å². The SMILES string of the molecule is Cc1ccc(NC(=O)c2c(-c3cccc(F)c3)noc2C)c(C)c1. The summed E-state index contributed by atoms with van der Waals surface area (Å²) in [5.74, 6) is -0.342. The molecular weight excluding hydrogens is 307 g/mol. The highest BCUT2D eigenvalue weighted by molar-refractivity contribution is 6.09. The molecule has 0 atom stereocenters. The van der Waals surface area contributed by atoms with Gasteiger partial charge in [-0.25, -0.2) is 4.39 Å². The van der Waals surface area contributed by atoms with Gasteiger partial charge in [-0.1, -0.05) is 35.0 Å². The molecule has 0 saturated heterocycles. The lowest BCUT2D eigenvalue weighted by Crippen LogP contribution is -2.14. The van der Waals surface area contributed by atoms with E-state index in [1.807, 2.05) is 32.0 Å². The molecule has 0 aliphatic heterocycles. The fourth-order valence-corrected chi connectivity index (χ4v) is 2.61. The van der Waals surface area contributed by atoms with Gasteiger partial charge >= 0.3 is 0 Å². The molecule has 0 fully saturated rings. The second-order valence-corrected chi connectivity index (χ2v) is 5.75. The molecule has 4 nitrogen and oxygen atoms in total. The van der Waals surface area contributed by atoms with Crippen LogP contribution in [0.1, 0.15) is 27.2 Å². The molecule has 24 heavy (non-hydrogen) atoms. The first kappa shape index (κ1) is 15.9. The van der Waals surface area contributed by atoms with Crippen LogP contribution in [-0.2, 0) is 0 Å². The molecule has 0 spiro atoms. The van der Waals surface area contributed by atoms with E-state index < -0.39 is 5.82 Å². The maximum absolute atomic E-state index is 13.5. The molecule has 3 rings (SSSR count). The van der Waals surface area contributed by atoms with Crippen molar-refractivity contribution in [3.05, 3.63) is 70.7 Å². The van der Waals surface area contributed by atoms with Crippen molar-refractivity contribution in [3.63, 3.8) is 0 Å². The van der Waals surface area contributed by atoms with Crippen LogP contribution in [0.2, 0.25) is 0 Å². The Balaban J connectivity index is 1.97. The van der Waals surface area contributed by atoms with Crippen molar-refractivity contribution in [2.24, 2.45) is 0 Å². The van der Waals surface area contributed by atoms with E-state index in [1.165, 1.54) is 12.1 Å². The number of aryl methyl sites for hydroxylation is 3. The van der Waals surface area contributed by atoms with Gasteiger partial charge in [0, 0.05) is 11.3 Å². The first-order chi connectivity index (χ1) is 11.5. The summed E-state index contributed by atoms with van der Waals surface area (Å²) < 4.78 is 18.6. The summed E-state index contributed by atoms with van der Waals surface area (Å²) in [6.07, 6.45) is 0. The molecule has 0 aliphatic carbocycles. The highest BCUT2D eigenvalue weighted by Gasteiger charge is 2.22. The van der Waals surface area contributed by atoms with Crippen LogP contribution in [0, 0.1) is 26.6 Å². The van der Waals surface area contributed by atoms with Crippen molar-refractivity contribution in [2.75, 3.05) is 5.32 Å². The van der Waals surface area contributed by atoms with E-state index in [0.717, 1.165) is 16.8 Å². The normalized spacial score (nSPS) is 10.7. The number of carbonyl (C=O) groups is 1. The molecule has 0 bridgehead atoms. The van der Waals surface area contributed by atoms with Gasteiger partial charge in [-0.05, 0) is 44.5 Å². The highest BCUT2D eigenvalue weighted by atomic mass is 19.1. The standard InChI is InChI=1S/C19H17FN2O2/c1-11-7-8-16(12(2)9-11)21-19(23)17-13(3)24-22-18(17)14-5-4-6-15(20)10-14/h4-10H,1-3H3,(H,21,23). The van der Waals surface area contributed by atoms with Crippen LogP contribution in [0.15, 0.2) is 47.0 Å². The van der Waals surface area contributed by atoms with Crippen LogP contribution in [-0.4, -0.2) is 11.1 Å². The zero-order chi connectivity index (χ0) is 17.3. The number of hydrogen-bond donors (Lipinski definition) is 1. The van der Waals surface area contributed by atoms with Gasteiger partial charge in [0.2, 0.25) is 0 Å². The second kappa shape index (κ2) is 6.28. The Bertz CT molecular complexity index is 915. The minimum atomic E-state index is -0.395. The van der Waals surface area contributed by atoms with Gasteiger partial charge < -0.3 is 9.84 Å². The number of halogens is 1. The van der Waals surface area contributed by atoms with Crippen molar-refractivity contribution >= 4 is 11.6 Å². The molecule has 1 aromatic heterocycles.